The van der Waals surface area contributed by atoms with Gasteiger partial charge in [-0.3, -0.25) is 4.79 Å². The Kier molecular flexibility index (Phi) is 5.55. The van der Waals surface area contributed by atoms with Crippen LogP contribution in [0.5, 0.6) is 0 Å². The molecule has 0 aliphatic heterocycles. The van der Waals surface area contributed by atoms with Gasteiger partial charge < -0.3 is 19.2 Å². The van der Waals surface area contributed by atoms with E-state index in [4.69, 9.17) is 4.42 Å². The van der Waals surface area contributed by atoms with Crippen LogP contribution in [-0.2, 0) is 19.1 Å². The molecule has 2 aromatic carbocycles. The summed E-state index contributed by atoms with van der Waals surface area (Å²) in [4.78, 5) is 35.8. The highest BCUT2D eigenvalue weighted by molar-refractivity contribution is 6.09. The van der Waals surface area contributed by atoms with Gasteiger partial charge in [0.25, 0.3) is 0 Å². The van der Waals surface area contributed by atoms with Gasteiger partial charge in [0.05, 0.1) is 20.3 Å². The summed E-state index contributed by atoms with van der Waals surface area (Å²) in [7, 11) is 2.40. The third kappa shape index (κ3) is 4.09. The number of rotatable bonds is 6. The number of esters is 2. The molecule has 0 radical (unpaired) electrons. The molecule has 0 saturated heterocycles. The summed E-state index contributed by atoms with van der Waals surface area (Å²) in [5, 5.41) is 3.62. The molecule has 0 spiro atoms. The van der Waals surface area contributed by atoms with Crippen molar-refractivity contribution in [3.63, 3.8) is 0 Å². The minimum absolute atomic E-state index is 0.0919. The standard InChI is InChI=1S/C21H17NO6/c1-26-19(23)12-16(21(25)27-2)22-15-9-7-13(8-10-15)20(24)18-11-14-5-3-4-6-17(14)28-18/h3-12,22H,1-2H3/b16-12+. The maximum absolute atomic E-state index is 12.6. The van der Waals surface area contributed by atoms with Crippen LogP contribution in [-0.4, -0.2) is 31.9 Å². The number of anilines is 1. The molecule has 7 heteroatoms. The molecule has 0 amide bonds. The van der Waals surface area contributed by atoms with Crippen LogP contribution in [0.1, 0.15) is 16.1 Å². The van der Waals surface area contributed by atoms with Gasteiger partial charge in [0.2, 0.25) is 5.78 Å². The molecule has 0 aliphatic rings. The zero-order chi connectivity index (χ0) is 20.1. The lowest BCUT2D eigenvalue weighted by Crippen LogP contribution is -2.15. The van der Waals surface area contributed by atoms with Gasteiger partial charge in [0.1, 0.15) is 11.3 Å². The zero-order valence-electron chi connectivity index (χ0n) is 15.2. The molecule has 0 atom stereocenters. The number of para-hydroxylation sites is 1. The predicted molar refractivity (Wildman–Crippen MR) is 102 cm³/mol. The van der Waals surface area contributed by atoms with Crippen molar-refractivity contribution < 1.29 is 28.3 Å². The molecule has 1 N–H and O–H groups in total. The van der Waals surface area contributed by atoms with Gasteiger partial charge in [0, 0.05) is 16.6 Å². The van der Waals surface area contributed by atoms with Gasteiger partial charge in [-0.25, -0.2) is 9.59 Å². The van der Waals surface area contributed by atoms with Gasteiger partial charge in [-0.1, -0.05) is 18.2 Å². The molecule has 1 heterocycles. The van der Waals surface area contributed by atoms with Crippen molar-refractivity contribution in [2.75, 3.05) is 19.5 Å². The van der Waals surface area contributed by atoms with E-state index in [9.17, 15) is 14.4 Å². The Morgan fingerprint density at radius 1 is 0.964 bits per heavy atom. The molecule has 142 valence electrons. The highest BCUT2D eigenvalue weighted by atomic mass is 16.5. The normalized spacial score (nSPS) is 11.1. The van der Waals surface area contributed by atoms with E-state index >= 15 is 0 Å². The maximum atomic E-state index is 12.6. The lowest BCUT2D eigenvalue weighted by atomic mass is 10.1. The molecule has 28 heavy (non-hydrogen) atoms. The fourth-order valence-electron chi connectivity index (χ4n) is 2.53. The van der Waals surface area contributed by atoms with Gasteiger partial charge in [0.15, 0.2) is 5.76 Å². The molecule has 0 fully saturated rings. The Hall–Kier alpha value is -3.87. The topological polar surface area (TPSA) is 94.8 Å². The third-order valence-electron chi connectivity index (χ3n) is 3.94. The van der Waals surface area contributed by atoms with Gasteiger partial charge in [-0.05, 0) is 36.4 Å². The first kappa shape index (κ1) is 18.9. The van der Waals surface area contributed by atoms with Crippen molar-refractivity contribution >= 4 is 34.4 Å². The fraction of sp³-hybridized carbons (Fsp3) is 0.0952. The molecule has 3 rings (SSSR count). The second-order valence-electron chi connectivity index (χ2n) is 5.75. The number of ether oxygens (including phenoxy) is 2. The number of hydrogen-bond donors (Lipinski definition) is 1. The van der Waals surface area contributed by atoms with Crippen molar-refractivity contribution in [2.24, 2.45) is 0 Å². The number of benzene rings is 2. The first-order valence-electron chi connectivity index (χ1n) is 8.30. The van der Waals surface area contributed by atoms with E-state index in [0.717, 1.165) is 11.5 Å². The van der Waals surface area contributed by atoms with Crippen molar-refractivity contribution in [2.45, 2.75) is 0 Å². The van der Waals surface area contributed by atoms with Crippen LogP contribution in [0, 0.1) is 0 Å². The summed E-state index contributed by atoms with van der Waals surface area (Å²) in [6.45, 7) is 0. The summed E-state index contributed by atoms with van der Waals surface area (Å²) in [6, 6.07) is 15.4. The van der Waals surface area contributed by atoms with Crippen LogP contribution >= 0.6 is 0 Å². The van der Waals surface area contributed by atoms with E-state index in [0.29, 0.717) is 16.8 Å². The Bertz CT molecular complexity index is 1030. The summed E-state index contributed by atoms with van der Waals surface area (Å²) in [5.74, 6) is -1.46. The maximum Gasteiger partial charge on any atom is 0.354 e. The van der Waals surface area contributed by atoms with Crippen LogP contribution in [0.2, 0.25) is 0 Å². The number of furan rings is 1. The third-order valence-corrected chi connectivity index (χ3v) is 3.94. The lowest BCUT2D eigenvalue weighted by molar-refractivity contribution is -0.138. The molecule has 0 bridgehead atoms. The van der Waals surface area contributed by atoms with Crippen LogP contribution in [0.15, 0.2) is 70.8 Å². The number of hydrogen-bond acceptors (Lipinski definition) is 7. The van der Waals surface area contributed by atoms with Crippen molar-refractivity contribution in [3.8, 4) is 0 Å². The summed E-state index contributed by atoms with van der Waals surface area (Å²) in [5.41, 5.74) is 1.45. The highest BCUT2D eigenvalue weighted by Gasteiger charge is 2.16. The highest BCUT2D eigenvalue weighted by Crippen LogP contribution is 2.22. The van der Waals surface area contributed by atoms with Crippen molar-refractivity contribution in [1.82, 2.24) is 0 Å². The largest absolute Gasteiger partial charge is 0.466 e. The smallest absolute Gasteiger partial charge is 0.354 e. The second kappa shape index (κ2) is 8.22. The van der Waals surface area contributed by atoms with E-state index in [1.807, 2.05) is 18.2 Å². The molecule has 0 unspecified atom stereocenters. The van der Waals surface area contributed by atoms with Gasteiger partial charge in [-0.15, -0.1) is 0 Å². The number of methoxy groups -OCH3 is 2. The number of carbonyl (C=O) groups is 3. The average molecular weight is 379 g/mol. The number of ketones is 1. The van der Waals surface area contributed by atoms with Gasteiger partial charge in [-0.2, -0.15) is 0 Å². The molecule has 3 aromatic rings. The van der Waals surface area contributed by atoms with Crippen LogP contribution < -0.4 is 5.32 Å². The van der Waals surface area contributed by atoms with Crippen molar-refractivity contribution in [1.29, 1.82) is 0 Å². The SMILES string of the molecule is COC(=O)/C=C(/Nc1ccc(C(=O)c2cc3ccccc3o2)cc1)C(=O)OC. The minimum Gasteiger partial charge on any atom is -0.466 e. The Morgan fingerprint density at radius 3 is 2.32 bits per heavy atom. The fourth-order valence-corrected chi connectivity index (χ4v) is 2.53. The van der Waals surface area contributed by atoms with Crippen LogP contribution in [0.4, 0.5) is 5.69 Å². The van der Waals surface area contributed by atoms with E-state index in [1.54, 1.807) is 36.4 Å². The van der Waals surface area contributed by atoms with Crippen LogP contribution in [0.25, 0.3) is 11.0 Å². The second-order valence-corrected chi connectivity index (χ2v) is 5.75. The van der Waals surface area contributed by atoms with E-state index in [-0.39, 0.29) is 17.2 Å². The van der Waals surface area contributed by atoms with Crippen LogP contribution in [0.3, 0.4) is 0 Å². The number of nitrogens with one attached hydrogen (secondary N) is 1. The summed E-state index contributed by atoms with van der Waals surface area (Å²) < 4.78 is 14.7. The van der Waals surface area contributed by atoms with E-state index in [2.05, 4.69) is 14.8 Å². The first-order valence-corrected chi connectivity index (χ1v) is 8.30. The van der Waals surface area contributed by atoms with Crippen molar-refractivity contribution in [3.05, 3.63) is 77.7 Å². The Balaban J connectivity index is 1.80. The Morgan fingerprint density at radius 2 is 1.68 bits per heavy atom. The zero-order valence-corrected chi connectivity index (χ0v) is 15.2. The number of carbonyl (C=O) groups excluding carboxylic acids is 3. The van der Waals surface area contributed by atoms with E-state index < -0.39 is 11.9 Å². The lowest BCUT2D eigenvalue weighted by Gasteiger charge is -2.09. The first-order chi connectivity index (χ1) is 13.5. The van der Waals surface area contributed by atoms with Gasteiger partial charge >= 0.3 is 11.9 Å². The predicted octanol–water partition coefficient (Wildman–Crippen LogP) is 3.31. The Labute approximate surface area is 160 Å². The summed E-state index contributed by atoms with van der Waals surface area (Å²) in [6.07, 6.45) is 0.985. The van der Waals surface area contributed by atoms with E-state index in [1.165, 1.54) is 14.2 Å². The quantitative estimate of drug-likeness (QED) is 0.399. The number of fused-ring (bicyclic) bond motifs is 1. The molecule has 1 aromatic heterocycles. The average Bonchev–Trinajstić information content (AvgIpc) is 3.16. The molecule has 7 nitrogen and oxygen atoms in total. The molecular weight excluding hydrogens is 362 g/mol. The monoisotopic (exact) mass is 379 g/mol. The summed E-state index contributed by atoms with van der Waals surface area (Å²) >= 11 is 0. The molecule has 0 saturated carbocycles. The molecule has 0 aliphatic carbocycles. The molecular formula is C21H17NO6. The minimum atomic E-state index is -0.729.